The van der Waals surface area contributed by atoms with E-state index in [-0.39, 0.29) is 22.4 Å². The largest absolute Gasteiger partial charge is 0.508 e. The molecule has 0 atom stereocenters. The number of phenols is 1. The van der Waals surface area contributed by atoms with Crippen molar-refractivity contribution in [1.29, 1.82) is 0 Å². The summed E-state index contributed by atoms with van der Waals surface area (Å²) in [5.41, 5.74) is -0.828. The molecule has 1 amide bonds. The number of benzene rings is 1. The third kappa shape index (κ3) is 3.39. The third-order valence-corrected chi connectivity index (χ3v) is 6.16. The number of carbonyl (C=O) groups is 1. The Kier molecular flexibility index (Phi) is 4.51. The van der Waals surface area contributed by atoms with Gasteiger partial charge in [-0.2, -0.15) is 18.3 Å². The van der Waals surface area contributed by atoms with Crippen LogP contribution >= 0.6 is 0 Å². The Morgan fingerprint density at radius 2 is 1.84 bits per heavy atom. The predicted molar refractivity (Wildman–Crippen MR) is 105 cm³/mol. The first kappa shape index (κ1) is 20.5. The second-order valence-electron chi connectivity index (χ2n) is 8.46. The van der Waals surface area contributed by atoms with Gasteiger partial charge >= 0.3 is 6.18 Å². The maximum atomic E-state index is 13.9. The zero-order valence-electron chi connectivity index (χ0n) is 16.7. The number of aromatic nitrogens is 3. The Morgan fingerprint density at radius 3 is 2.50 bits per heavy atom. The summed E-state index contributed by atoms with van der Waals surface area (Å²) >= 11 is 0. The molecule has 3 heterocycles. The molecule has 0 unspecified atom stereocenters. The van der Waals surface area contributed by atoms with Crippen LogP contribution in [0.2, 0.25) is 0 Å². The normalized spacial score (nSPS) is 17.8. The number of hydrogen-bond donors (Lipinski definition) is 1. The number of carbonyl (C=O) groups excluding carboxylic acids is 1. The molecule has 1 aliphatic heterocycles. The molecule has 5 rings (SSSR count). The Bertz CT molecular complexity index is 1180. The van der Waals surface area contributed by atoms with Gasteiger partial charge in [-0.15, -0.1) is 0 Å². The minimum absolute atomic E-state index is 0.156. The quantitative estimate of drug-likeness (QED) is 0.610. The van der Waals surface area contributed by atoms with Gasteiger partial charge in [-0.05, 0) is 49.2 Å². The molecule has 10 heteroatoms. The second-order valence-corrected chi connectivity index (χ2v) is 8.46. The van der Waals surface area contributed by atoms with Crippen molar-refractivity contribution >= 4 is 5.91 Å². The molecule has 1 saturated carbocycles. The van der Waals surface area contributed by atoms with Gasteiger partial charge in [0.1, 0.15) is 23.0 Å². The highest BCUT2D eigenvalue weighted by Gasteiger charge is 2.56. The number of halogens is 4. The van der Waals surface area contributed by atoms with Crippen molar-refractivity contribution in [1.82, 2.24) is 19.7 Å². The standard InChI is InChI=1S/C22H18F4N4O2/c23-16-5-4-14(31)7-15(16)20(32)29-11-21(12-29)9-13(10-21)30-19(22(24,25)26)8-18(28-30)17-3-1-2-6-27-17/h1-8,13,31H,9-12H2. The number of nitrogens with zero attached hydrogens (tertiary/aromatic N) is 4. The molecule has 2 aliphatic rings. The Balaban J connectivity index is 1.30. The van der Waals surface area contributed by atoms with E-state index in [2.05, 4.69) is 10.1 Å². The summed E-state index contributed by atoms with van der Waals surface area (Å²) < 4.78 is 55.8. The molecule has 2 aromatic heterocycles. The van der Waals surface area contributed by atoms with E-state index in [1.807, 2.05) is 0 Å². The van der Waals surface area contributed by atoms with E-state index in [1.165, 1.54) is 11.1 Å². The van der Waals surface area contributed by atoms with Gasteiger partial charge in [0.05, 0.1) is 17.3 Å². The lowest BCUT2D eigenvalue weighted by Gasteiger charge is -2.59. The van der Waals surface area contributed by atoms with Gasteiger partial charge in [-0.3, -0.25) is 14.5 Å². The first-order chi connectivity index (χ1) is 15.2. The SMILES string of the molecule is O=C(c1cc(O)ccc1F)N1CC2(CC(n3nc(-c4ccccn4)cc3C(F)(F)F)C2)C1. The van der Waals surface area contributed by atoms with Crippen molar-refractivity contribution in [3.05, 3.63) is 65.7 Å². The highest BCUT2D eigenvalue weighted by molar-refractivity contribution is 5.95. The average Bonchev–Trinajstić information content (AvgIpc) is 3.14. The first-order valence-electron chi connectivity index (χ1n) is 10.0. The lowest BCUT2D eigenvalue weighted by Crippen LogP contribution is -2.64. The van der Waals surface area contributed by atoms with Crippen LogP contribution in [0.3, 0.4) is 0 Å². The molecule has 1 saturated heterocycles. The zero-order chi connectivity index (χ0) is 22.7. The molecule has 166 valence electrons. The summed E-state index contributed by atoms with van der Waals surface area (Å²) in [5.74, 6) is -1.48. The van der Waals surface area contributed by atoms with Crippen LogP contribution < -0.4 is 0 Å². The van der Waals surface area contributed by atoms with Gasteiger partial charge < -0.3 is 10.0 Å². The number of amides is 1. The Labute approximate surface area is 180 Å². The minimum Gasteiger partial charge on any atom is -0.508 e. The summed E-state index contributed by atoms with van der Waals surface area (Å²) in [6, 6.07) is 8.77. The van der Waals surface area contributed by atoms with E-state index in [0.717, 1.165) is 28.9 Å². The van der Waals surface area contributed by atoms with Gasteiger partial charge in [0, 0.05) is 24.7 Å². The van der Waals surface area contributed by atoms with Crippen LogP contribution in [0.15, 0.2) is 48.7 Å². The van der Waals surface area contributed by atoms with E-state index in [4.69, 9.17) is 0 Å². The van der Waals surface area contributed by atoms with E-state index >= 15 is 0 Å². The van der Waals surface area contributed by atoms with Crippen molar-refractivity contribution in [3.63, 3.8) is 0 Å². The van der Waals surface area contributed by atoms with Crippen molar-refractivity contribution in [2.75, 3.05) is 13.1 Å². The molecular weight excluding hydrogens is 428 g/mol. The molecule has 1 spiro atoms. The molecule has 0 radical (unpaired) electrons. The molecule has 2 fully saturated rings. The van der Waals surface area contributed by atoms with Crippen LogP contribution in [0.1, 0.15) is 34.9 Å². The fourth-order valence-electron chi connectivity index (χ4n) is 4.65. The van der Waals surface area contributed by atoms with E-state index in [9.17, 15) is 27.5 Å². The number of alkyl halides is 3. The number of phenolic OH excluding ortho intramolecular Hbond substituents is 1. The first-order valence-corrected chi connectivity index (χ1v) is 10.0. The fraction of sp³-hybridized carbons (Fsp3) is 0.318. The predicted octanol–water partition coefficient (Wildman–Crippen LogP) is 4.29. The summed E-state index contributed by atoms with van der Waals surface area (Å²) in [6.07, 6.45) is -2.19. The van der Waals surface area contributed by atoms with Crippen LogP contribution in [0.5, 0.6) is 5.75 Å². The van der Waals surface area contributed by atoms with E-state index in [1.54, 1.807) is 18.2 Å². The third-order valence-electron chi connectivity index (χ3n) is 6.16. The summed E-state index contributed by atoms with van der Waals surface area (Å²) in [4.78, 5) is 18.1. The molecule has 1 N–H and O–H groups in total. The number of rotatable bonds is 3. The average molecular weight is 446 g/mol. The molecule has 0 bridgehead atoms. The highest BCUT2D eigenvalue weighted by atomic mass is 19.4. The van der Waals surface area contributed by atoms with E-state index in [0.29, 0.717) is 31.6 Å². The molecule has 3 aromatic rings. The Hall–Kier alpha value is -3.43. The van der Waals surface area contributed by atoms with Crippen molar-refractivity contribution in [3.8, 4) is 17.1 Å². The van der Waals surface area contributed by atoms with Gasteiger partial charge in [-0.1, -0.05) is 6.07 Å². The van der Waals surface area contributed by atoms with Crippen LogP contribution in [-0.2, 0) is 6.18 Å². The van der Waals surface area contributed by atoms with Gasteiger partial charge in [0.15, 0.2) is 0 Å². The lowest BCUT2D eigenvalue weighted by atomic mass is 9.60. The summed E-state index contributed by atoms with van der Waals surface area (Å²) in [6.45, 7) is 0.653. The van der Waals surface area contributed by atoms with Crippen molar-refractivity contribution in [2.45, 2.75) is 25.1 Å². The molecule has 6 nitrogen and oxygen atoms in total. The smallest absolute Gasteiger partial charge is 0.433 e. The molecular formula is C22H18F4N4O2. The van der Waals surface area contributed by atoms with Crippen LogP contribution in [0.25, 0.3) is 11.4 Å². The van der Waals surface area contributed by atoms with Crippen molar-refractivity contribution < 1.29 is 27.5 Å². The minimum atomic E-state index is -4.56. The van der Waals surface area contributed by atoms with Crippen LogP contribution in [-0.4, -0.2) is 43.8 Å². The summed E-state index contributed by atoms with van der Waals surface area (Å²) in [7, 11) is 0. The maximum absolute atomic E-state index is 13.9. The van der Waals surface area contributed by atoms with Gasteiger partial charge in [-0.25, -0.2) is 4.39 Å². The van der Waals surface area contributed by atoms with Gasteiger partial charge in [0.25, 0.3) is 5.91 Å². The summed E-state index contributed by atoms with van der Waals surface area (Å²) in [5, 5.41) is 13.7. The number of likely N-dealkylation sites (tertiary alicyclic amines) is 1. The van der Waals surface area contributed by atoms with Gasteiger partial charge in [0.2, 0.25) is 0 Å². The molecule has 1 aromatic carbocycles. The number of aromatic hydroxyl groups is 1. The zero-order valence-corrected chi connectivity index (χ0v) is 16.7. The monoisotopic (exact) mass is 446 g/mol. The fourth-order valence-corrected chi connectivity index (χ4v) is 4.65. The molecule has 1 aliphatic carbocycles. The number of hydrogen-bond acceptors (Lipinski definition) is 4. The maximum Gasteiger partial charge on any atom is 0.433 e. The van der Waals surface area contributed by atoms with E-state index < -0.39 is 29.6 Å². The highest BCUT2D eigenvalue weighted by Crippen LogP contribution is 2.55. The van der Waals surface area contributed by atoms with Crippen LogP contribution in [0.4, 0.5) is 17.6 Å². The Morgan fingerprint density at radius 1 is 1.09 bits per heavy atom. The number of pyridine rings is 1. The van der Waals surface area contributed by atoms with Crippen molar-refractivity contribution in [2.24, 2.45) is 5.41 Å². The topological polar surface area (TPSA) is 71.2 Å². The second kappa shape index (κ2) is 7.04. The van der Waals surface area contributed by atoms with Crippen LogP contribution in [0, 0.1) is 11.2 Å². The lowest BCUT2D eigenvalue weighted by molar-refractivity contribution is -0.149. The molecule has 32 heavy (non-hydrogen) atoms.